The molecule has 4 unspecified atom stereocenters. The summed E-state index contributed by atoms with van der Waals surface area (Å²) in [5.74, 6) is 0.802. The molecule has 0 N–H and O–H groups in total. The van der Waals surface area contributed by atoms with E-state index in [2.05, 4.69) is 5.16 Å². The summed E-state index contributed by atoms with van der Waals surface area (Å²) in [6.45, 7) is 0. The average molecular weight is 452 g/mol. The minimum Gasteiger partial charge on any atom is -0.399 e. The number of rotatable bonds is 9. The van der Waals surface area contributed by atoms with E-state index in [-0.39, 0.29) is 23.5 Å². The van der Waals surface area contributed by atoms with Crippen molar-refractivity contribution in [1.82, 2.24) is 0 Å². The lowest BCUT2D eigenvalue weighted by atomic mass is 10.0. The summed E-state index contributed by atoms with van der Waals surface area (Å²) in [5, 5.41) is 5.23. The summed E-state index contributed by atoms with van der Waals surface area (Å²) in [7, 11) is 1.55. The van der Waals surface area contributed by atoms with Gasteiger partial charge in [0.15, 0.2) is 0 Å². The third-order valence-corrected chi connectivity index (χ3v) is 7.07. The van der Waals surface area contributed by atoms with Gasteiger partial charge in [-0.05, 0) is 86.5 Å². The Morgan fingerprint density at radius 2 is 1.37 bits per heavy atom. The molecule has 4 rings (SSSR count). The quantitative estimate of drug-likeness (QED) is 0.282. The van der Waals surface area contributed by atoms with E-state index < -0.39 is 0 Å². The Balaban J connectivity index is 1.28. The fraction of sp³-hybridized carbons (Fsp3) is 0.458. The van der Waals surface area contributed by atoms with Crippen molar-refractivity contribution in [2.75, 3.05) is 7.11 Å². The van der Waals surface area contributed by atoms with Gasteiger partial charge in [0.25, 0.3) is 0 Å². The Morgan fingerprint density at radius 1 is 0.900 bits per heavy atom. The lowest BCUT2D eigenvalue weighted by molar-refractivity contribution is 0.211. The smallest absolute Gasteiger partial charge is 0.128 e. The van der Waals surface area contributed by atoms with Crippen molar-refractivity contribution < 1.29 is 13.6 Å². The SMILES string of the molecule is CON=C(CCC1CC1c1c(F)cccc1Cl)CCC1CC1c1c(F)cccc1Cl. The maximum absolute atomic E-state index is 14.1. The van der Waals surface area contributed by atoms with E-state index in [9.17, 15) is 8.78 Å². The van der Waals surface area contributed by atoms with Gasteiger partial charge in [0.2, 0.25) is 0 Å². The molecule has 0 aliphatic heterocycles. The molecular weight excluding hydrogens is 427 g/mol. The second-order valence-corrected chi connectivity index (χ2v) is 9.21. The van der Waals surface area contributed by atoms with E-state index >= 15 is 0 Å². The van der Waals surface area contributed by atoms with Crippen LogP contribution in [0.5, 0.6) is 0 Å². The zero-order valence-corrected chi connectivity index (χ0v) is 18.4. The first-order valence-electron chi connectivity index (χ1n) is 10.5. The van der Waals surface area contributed by atoms with Gasteiger partial charge in [-0.3, -0.25) is 0 Å². The minimum absolute atomic E-state index is 0.193. The van der Waals surface area contributed by atoms with Crippen molar-refractivity contribution in [3.8, 4) is 0 Å². The Morgan fingerprint density at radius 3 is 1.77 bits per heavy atom. The molecule has 2 fully saturated rings. The molecule has 0 radical (unpaired) electrons. The first kappa shape index (κ1) is 21.6. The second kappa shape index (κ2) is 9.23. The summed E-state index contributed by atoms with van der Waals surface area (Å²) in [4.78, 5) is 5.03. The molecule has 4 atom stereocenters. The summed E-state index contributed by atoms with van der Waals surface area (Å²) < 4.78 is 28.2. The molecule has 0 aromatic heterocycles. The predicted molar refractivity (Wildman–Crippen MR) is 117 cm³/mol. The van der Waals surface area contributed by atoms with E-state index in [1.54, 1.807) is 31.4 Å². The molecule has 2 nitrogen and oxygen atoms in total. The van der Waals surface area contributed by atoms with Crippen molar-refractivity contribution in [3.05, 3.63) is 69.2 Å². The number of nitrogens with zero attached hydrogens (tertiary/aromatic N) is 1. The maximum atomic E-state index is 14.1. The first-order valence-corrected chi connectivity index (χ1v) is 11.2. The van der Waals surface area contributed by atoms with Gasteiger partial charge in [0, 0.05) is 21.2 Å². The molecule has 0 amide bonds. The Labute approximate surface area is 186 Å². The highest BCUT2D eigenvalue weighted by Gasteiger charge is 2.42. The van der Waals surface area contributed by atoms with Gasteiger partial charge >= 0.3 is 0 Å². The van der Waals surface area contributed by atoms with Gasteiger partial charge < -0.3 is 4.84 Å². The molecule has 6 heteroatoms. The molecule has 2 aromatic carbocycles. The van der Waals surface area contributed by atoms with Crippen molar-refractivity contribution in [2.24, 2.45) is 17.0 Å². The highest BCUT2D eigenvalue weighted by atomic mass is 35.5. The van der Waals surface area contributed by atoms with Crippen LogP contribution in [-0.2, 0) is 4.84 Å². The molecule has 2 aliphatic rings. The zero-order chi connectivity index (χ0) is 21.3. The van der Waals surface area contributed by atoms with Gasteiger partial charge in [-0.2, -0.15) is 0 Å². The van der Waals surface area contributed by atoms with Crippen LogP contribution in [0, 0.1) is 23.5 Å². The summed E-state index contributed by atoms with van der Waals surface area (Å²) >= 11 is 12.4. The van der Waals surface area contributed by atoms with Gasteiger partial charge in [-0.25, -0.2) is 8.78 Å². The van der Waals surface area contributed by atoms with Gasteiger partial charge in [-0.15, -0.1) is 0 Å². The van der Waals surface area contributed by atoms with Crippen LogP contribution in [0.25, 0.3) is 0 Å². The summed E-state index contributed by atoms with van der Waals surface area (Å²) in [6.07, 6.45) is 5.42. The van der Waals surface area contributed by atoms with Crippen LogP contribution in [0.4, 0.5) is 8.78 Å². The minimum atomic E-state index is -0.215. The molecule has 160 valence electrons. The van der Waals surface area contributed by atoms with Crippen molar-refractivity contribution in [3.63, 3.8) is 0 Å². The molecule has 2 aromatic rings. The van der Waals surface area contributed by atoms with Gasteiger partial charge in [0.1, 0.15) is 18.7 Å². The zero-order valence-electron chi connectivity index (χ0n) is 16.9. The van der Waals surface area contributed by atoms with Crippen molar-refractivity contribution >= 4 is 28.9 Å². The van der Waals surface area contributed by atoms with Crippen LogP contribution in [0.15, 0.2) is 41.6 Å². The normalized spacial score (nSPS) is 24.4. The standard InChI is InChI=1S/C24H25Cl2F2NO/c1-30-29-16(10-8-14-12-17(14)23-19(25)4-2-6-21(23)27)11-9-15-13-18(15)24-20(26)5-3-7-22(24)28/h2-7,14-15,17-18H,8-13H2,1H3. The molecule has 2 saturated carbocycles. The van der Waals surface area contributed by atoms with Gasteiger partial charge in [0.05, 0.1) is 5.71 Å². The van der Waals surface area contributed by atoms with E-state index in [0.29, 0.717) is 33.0 Å². The number of hydrogen-bond donors (Lipinski definition) is 0. The number of benzene rings is 2. The van der Waals surface area contributed by atoms with Crippen molar-refractivity contribution in [1.29, 1.82) is 0 Å². The Kier molecular flexibility index (Phi) is 6.64. The fourth-order valence-corrected chi connectivity index (χ4v) is 5.23. The summed E-state index contributed by atoms with van der Waals surface area (Å²) in [6, 6.07) is 9.73. The van der Waals surface area contributed by atoms with Crippen LogP contribution < -0.4 is 0 Å². The molecule has 0 spiro atoms. The second-order valence-electron chi connectivity index (χ2n) is 8.39. The average Bonchev–Trinajstić information content (AvgIpc) is 3.61. The van der Waals surface area contributed by atoms with E-state index in [4.69, 9.17) is 28.0 Å². The molecular formula is C24H25Cl2F2NO. The number of hydrogen-bond acceptors (Lipinski definition) is 2. The molecule has 0 saturated heterocycles. The lowest BCUT2D eigenvalue weighted by Gasteiger charge is -2.08. The fourth-order valence-electron chi connectivity index (χ4n) is 4.62. The highest BCUT2D eigenvalue weighted by Crippen LogP contribution is 2.54. The number of halogens is 4. The Bertz CT molecular complexity index is 837. The van der Waals surface area contributed by atoms with Crippen LogP contribution in [0.3, 0.4) is 0 Å². The Hall–Kier alpha value is -1.65. The summed E-state index contributed by atoms with van der Waals surface area (Å²) in [5.41, 5.74) is 2.31. The topological polar surface area (TPSA) is 21.6 Å². The van der Waals surface area contributed by atoms with Crippen LogP contribution >= 0.6 is 23.2 Å². The monoisotopic (exact) mass is 451 g/mol. The van der Waals surface area contributed by atoms with E-state index in [1.807, 2.05) is 0 Å². The van der Waals surface area contributed by atoms with Crippen LogP contribution in [0.2, 0.25) is 10.0 Å². The van der Waals surface area contributed by atoms with Gasteiger partial charge in [-0.1, -0.05) is 40.5 Å². The van der Waals surface area contributed by atoms with Crippen molar-refractivity contribution in [2.45, 2.75) is 50.4 Å². The maximum Gasteiger partial charge on any atom is 0.128 e. The third-order valence-electron chi connectivity index (χ3n) is 6.41. The molecule has 30 heavy (non-hydrogen) atoms. The third kappa shape index (κ3) is 4.81. The van der Waals surface area contributed by atoms with Crippen LogP contribution in [-0.4, -0.2) is 12.8 Å². The van der Waals surface area contributed by atoms with E-state index in [1.165, 1.54) is 12.1 Å². The molecule has 2 aliphatic carbocycles. The highest BCUT2D eigenvalue weighted by molar-refractivity contribution is 6.31. The molecule has 0 heterocycles. The predicted octanol–water partition coefficient (Wildman–Crippen LogP) is 7.74. The first-order chi connectivity index (χ1) is 14.5. The van der Waals surface area contributed by atoms with Crippen LogP contribution in [0.1, 0.15) is 61.5 Å². The van der Waals surface area contributed by atoms with E-state index in [0.717, 1.165) is 44.2 Å². The molecule has 0 bridgehead atoms. The largest absolute Gasteiger partial charge is 0.399 e. The number of oxime groups is 1. The lowest BCUT2D eigenvalue weighted by Crippen LogP contribution is -2.02.